The molecular weight excluding hydrogens is 312 g/mol. The summed E-state index contributed by atoms with van der Waals surface area (Å²) in [5.74, 6) is 0.392. The summed E-state index contributed by atoms with van der Waals surface area (Å²) in [6.07, 6.45) is 2.85. The zero-order valence-electron chi connectivity index (χ0n) is 12.4. The van der Waals surface area contributed by atoms with Crippen LogP contribution in [0.5, 0.6) is 0 Å². The van der Waals surface area contributed by atoms with Crippen molar-refractivity contribution in [2.75, 3.05) is 0 Å². The molecule has 0 radical (unpaired) electrons. The van der Waals surface area contributed by atoms with Gasteiger partial charge in [-0.05, 0) is 19.1 Å². The van der Waals surface area contributed by atoms with Crippen molar-refractivity contribution in [2.45, 2.75) is 6.92 Å². The second-order valence-electron chi connectivity index (χ2n) is 5.17. The van der Waals surface area contributed by atoms with Gasteiger partial charge in [0.1, 0.15) is 12.0 Å². The monoisotopic (exact) mass is 322 g/mol. The average Bonchev–Trinajstić information content (AvgIpc) is 3.03. The molecule has 0 aliphatic rings. The molecule has 0 spiro atoms. The van der Waals surface area contributed by atoms with Crippen LogP contribution in [-0.2, 0) is 0 Å². The zero-order chi connectivity index (χ0) is 16.8. The van der Waals surface area contributed by atoms with Gasteiger partial charge in [0.2, 0.25) is 0 Å². The first-order chi connectivity index (χ1) is 11.6. The topological polar surface area (TPSA) is 108 Å². The molecule has 0 unspecified atom stereocenters. The van der Waals surface area contributed by atoms with E-state index in [4.69, 9.17) is 0 Å². The predicted molar refractivity (Wildman–Crippen MR) is 85.3 cm³/mol. The Kier molecular flexibility index (Phi) is 2.89. The maximum Gasteiger partial charge on any atom is 0.293 e. The molecule has 0 aliphatic carbocycles. The number of hydrogen-bond acceptors (Lipinski definition) is 6. The number of para-hydroxylation sites is 2. The van der Waals surface area contributed by atoms with Crippen LogP contribution in [0.2, 0.25) is 0 Å². The highest BCUT2D eigenvalue weighted by Gasteiger charge is 2.18. The van der Waals surface area contributed by atoms with Gasteiger partial charge in [0.25, 0.3) is 17.0 Å². The summed E-state index contributed by atoms with van der Waals surface area (Å²) in [6.45, 7) is 1.70. The van der Waals surface area contributed by atoms with E-state index in [0.29, 0.717) is 22.4 Å². The lowest BCUT2D eigenvalue weighted by molar-refractivity contribution is -0.384. The van der Waals surface area contributed by atoms with Crippen LogP contribution in [-0.4, -0.2) is 29.1 Å². The zero-order valence-corrected chi connectivity index (χ0v) is 12.4. The number of aromatic nitrogens is 5. The molecule has 9 heteroatoms. The van der Waals surface area contributed by atoms with Crippen LogP contribution in [0.15, 0.2) is 47.7 Å². The third-order valence-corrected chi connectivity index (χ3v) is 3.80. The maximum absolute atomic E-state index is 12.9. The van der Waals surface area contributed by atoms with Gasteiger partial charge in [0.05, 0.1) is 21.5 Å². The lowest BCUT2D eigenvalue weighted by atomic mass is 10.2. The number of nitrogens with zero attached hydrogens (tertiary/aromatic N) is 6. The minimum Gasteiger partial charge on any atom is -0.277 e. The Hall–Kier alpha value is -3.62. The molecule has 1 aromatic carbocycles. The Morgan fingerprint density at radius 2 is 2.00 bits per heavy atom. The number of pyridine rings is 1. The van der Waals surface area contributed by atoms with Gasteiger partial charge in [-0.25, -0.2) is 4.98 Å². The average molecular weight is 322 g/mol. The van der Waals surface area contributed by atoms with Crippen molar-refractivity contribution in [3.63, 3.8) is 0 Å². The Morgan fingerprint density at radius 3 is 2.79 bits per heavy atom. The number of rotatable bonds is 2. The van der Waals surface area contributed by atoms with Crippen LogP contribution >= 0.6 is 0 Å². The molecule has 3 aromatic heterocycles. The van der Waals surface area contributed by atoms with Gasteiger partial charge in [-0.3, -0.25) is 19.5 Å². The van der Waals surface area contributed by atoms with Gasteiger partial charge in [-0.1, -0.05) is 12.1 Å². The van der Waals surface area contributed by atoms with Crippen LogP contribution in [0.25, 0.3) is 22.4 Å². The van der Waals surface area contributed by atoms with Gasteiger partial charge < -0.3 is 0 Å². The highest BCUT2D eigenvalue weighted by Crippen LogP contribution is 2.22. The van der Waals surface area contributed by atoms with E-state index in [1.54, 1.807) is 25.1 Å². The number of nitro groups is 1. The van der Waals surface area contributed by atoms with Crippen molar-refractivity contribution >= 4 is 22.4 Å². The number of benzene rings is 1. The molecule has 118 valence electrons. The van der Waals surface area contributed by atoms with E-state index in [-0.39, 0.29) is 11.4 Å². The smallest absolute Gasteiger partial charge is 0.277 e. The number of aryl methyl sites for hydroxylation is 1. The molecule has 24 heavy (non-hydrogen) atoms. The Labute approximate surface area is 134 Å². The van der Waals surface area contributed by atoms with Crippen LogP contribution in [0, 0.1) is 17.0 Å². The van der Waals surface area contributed by atoms with E-state index in [9.17, 15) is 14.9 Å². The van der Waals surface area contributed by atoms with Crippen LogP contribution in [0.3, 0.4) is 0 Å². The van der Waals surface area contributed by atoms with Crippen molar-refractivity contribution < 1.29 is 4.92 Å². The molecule has 0 saturated heterocycles. The molecule has 0 bridgehead atoms. The Morgan fingerprint density at radius 1 is 1.21 bits per heavy atom. The molecule has 0 atom stereocenters. The van der Waals surface area contributed by atoms with E-state index in [2.05, 4.69) is 15.1 Å². The summed E-state index contributed by atoms with van der Waals surface area (Å²) in [5, 5.41) is 15.6. The molecule has 0 fully saturated rings. The van der Waals surface area contributed by atoms with E-state index in [1.165, 1.54) is 33.7 Å². The SMILES string of the molecule is Cc1nc2ncnn2c2ccn(-c3ccccc3[N+](=O)[O-])c(=O)c12. The van der Waals surface area contributed by atoms with Crippen LogP contribution in [0.4, 0.5) is 5.69 Å². The van der Waals surface area contributed by atoms with Gasteiger partial charge >= 0.3 is 0 Å². The molecule has 4 aromatic rings. The number of nitro benzene ring substituents is 1. The second kappa shape index (κ2) is 4.95. The largest absolute Gasteiger partial charge is 0.293 e. The molecule has 4 rings (SSSR count). The van der Waals surface area contributed by atoms with Gasteiger partial charge in [-0.2, -0.15) is 14.6 Å². The van der Waals surface area contributed by atoms with Crippen molar-refractivity contribution in [1.82, 2.24) is 24.1 Å². The first-order valence-corrected chi connectivity index (χ1v) is 7.03. The fourth-order valence-corrected chi connectivity index (χ4v) is 2.74. The molecule has 0 saturated carbocycles. The van der Waals surface area contributed by atoms with Crippen molar-refractivity contribution in [1.29, 1.82) is 0 Å². The number of fused-ring (bicyclic) bond motifs is 3. The van der Waals surface area contributed by atoms with Crippen molar-refractivity contribution in [3.8, 4) is 5.69 Å². The minimum absolute atomic E-state index is 0.147. The lowest BCUT2D eigenvalue weighted by Gasteiger charge is -2.09. The van der Waals surface area contributed by atoms with Crippen LogP contribution in [0.1, 0.15) is 5.69 Å². The highest BCUT2D eigenvalue weighted by molar-refractivity contribution is 5.82. The summed E-state index contributed by atoms with van der Waals surface area (Å²) in [7, 11) is 0. The predicted octanol–water partition coefficient (Wildman–Crippen LogP) is 1.65. The van der Waals surface area contributed by atoms with Crippen molar-refractivity contribution in [2.24, 2.45) is 0 Å². The molecule has 0 N–H and O–H groups in total. The summed E-state index contributed by atoms with van der Waals surface area (Å²) in [6, 6.07) is 7.76. The van der Waals surface area contributed by atoms with Crippen molar-refractivity contribution in [3.05, 3.63) is 69.0 Å². The van der Waals surface area contributed by atoms with Gasteiger partial charge in [0.15, 0.2) is 0 Å². The Balaban J connectivity index is 2.11. The van der Waals surface area contributed by atoms with Gasteiger partial charge in [-0.15, -0.1) is 0 Å². The molecule has 0 amide bonds. The first kappa shape index (κ1) is 14.0. The number of hydrogen-bond donors (Lipinski definition) is 0. The van der Waals surface area contributed by atoms with E-state index in [1.807, 2.05) is 0 Å². The molecule has 9 nitrogen and oxygen atoms in total. The third kappa shape index (κ3) is 1.88. The summed E-state index contributed by atoms with van der Waals surface area (Å²) >= 11 is 0. The second-order valence-corrected chi connectivity index (χ2v) is 5.17. The summed E-state index contributed by atoms with van der Waals surface area (Å²) < 4.78 is 2.71. The highest BCUT2D eigenvalue weighted by atomic mass is 16.6. The fourth-order valence-electron chi connectivity index (χ4n) is 2.74. The molecule has 3 heterocycles. The molecular formula is C15H10N6O3. The lowest BCUT2D eigenvalue weighted by Crippen LogP contribution is -2.20. The summed E-state index contributed by atoms with van der Waals surface area (Å²) in [5.41, 5.74) is 0.696. The fraction of sp³-hybridized carbons (Fsp3) is 0.0667. The van der Waals surface area contributed by atoms with Gasteiger partial charge in [0, 0.05) is 12.3 Å². The third-order valence-electron chi connectivity index (χ3n) is 3.80. The summed E-state index contributed by atoms with van der Waals surface area (Å²) in [4.78, 5) is 31.9. The van der Waals surface area contributed by atoms with E-state index in [0.717, 1.165) is 0 Å². The normalized spacial score (nSPS) is 11.2. The maximum atomic E-state index is 12.9. The quantitative estimate of drug-likeness (QED) is 0.410. The first-order valence-electron chi connectivity index (χ1n) is 7.03. The Bertz CT molecular complexity index is 1180. The van der Waals surface area contributed by atoms with E-state index < -0.39 is 10.5 Å². The minimum atomic E-state index is -0.516. The van der Waals surface area contributed by atoms with E-state index >= 15 is 0 Å². The molecule has 0 aliphatic heterocycles. The van der Waals surface area contributed by atoms with Crippen LogP contribution < -0.4 is 5.56 Å². The standard InChI is InChI=1S/C15H10N6O3/c1-9-13-12(20-15(18-9)16-8-17-20)6-7-19(14(13)22)10-4-2-3-5-11(10)21(23)24/h2-8H,1H3.